The van der Waals surface area contributed by atoms with Crippen molar-refractivity contribution in [3.8, 4) is 5.75 Å². The van der Waals surface area contributed by atoms with Crippen molar-refractivity contribution in [2.75, 3.05) is 18.5 Å². The number of phenols is 1. The predicted octanol–water partition coefficient (Wildman–Crippen LogP) is 3.04. The maximum absolute atomic E-state index is 13.1. The number of hydrogen-bond donors (Lipinski definition) is 2. The number of nitrogens with one attached hydrogen (secondary N) is 1. The quantitative estimate of drug-likeness (QED) is 0.854. The number of aromatic hydroxyl groups is 1. The standard InChI is InChI=1S/C19H16ClN3O3/c1-22-14-10-23(13-4-2-3-5-15(13)24)18(25)16(14)17(21-19(22)26)11-6-8-12(20)9-7-11/h2-9,17,24H,10H2,1H3,(H,21,26)/t17-/m1/s1. The number of carbonyl (C=O) groups excluding carboxylic acids is 2. The van der Waals surface area contributed by atoms with Gasteiger partial charge in [-0.3, -0.25) is 14.6 Å². The van der Waals surface area contributed by atoms with Crippen LogP contribution in [0.25, 0.3) is 0 Å². The number of halogens is 1. The Kier molecular flexibility index (Phi) is 3.85. The molecule has 0 fully saturated rings. The second-order valence-corrected chi connectivity index (χ2v) is 6.67. The van der Waals surface area contributed by atoms with Crippen LogP contribution in [-0.4, -0.2) is 35.5 Å². The van der Waals surface area contributed by atoms with Gasteiger partial charge in [0.15, 0.2) is 0 Å². The molecule has 132 valence electrons. The lowest BCUT2D eigenvalue weighted by atomic mass is 9.96. The van der Waals surface area contributed by atoms with Crippen molar-refractivity contribution in [3.63, 3.8) is 0 Å². The van der Waals surface area contributed by atoms with Gasteiger partial charge in [0.2, 0.25) is 0 Å². The topological polar surface area (TPSA) is 72.9 Å². The first kappa shape index (κ1) is 16.5. The molecule has 2 heterocycles. The van der Waals surface area contributed by atoms with Crippen molar-refractivity contribution in [1.29, 1.82) is 0 Å². The normalized spacial score (nSPS) is 19.7. The highest BCUT2D eigenvalue weighted by Crippen LogP contribution is 2.39. The molecular weight excluding hydrogens is 354 g/mol. The molecule has 0 aliphatic carbocycles. The third kappa shape index (κ3) is 2.50. The van der Waals surface area contributed by atoms with E-state index in [9.17, 15) is 14.7 Å². The van der Waals surface area contributed by atoms with Gasteiger partial charge in [0.05, 0.1) is 29.5 Å². The van der Waals surface area contributed by atoms with Gasteiger partial charge in [0.25, 0.3) is 5.91 Å². The number of benzene rings is 2. The van der Waals surface area contributed by atoms with Gasteiger partial charge in [-0.2, -0.15) is 0 Å². The molecule has 0 radical (unpaired) electrons. The number of para-hydroxylation sites is 2. The first-order valence-corrected chi connectivity index (χ1v) is 8.47. The number of rotatable bonds is 2. The van der Waals surface area contributed by atoms with E-state index < -0.39 is 6.04 Å². The minimum Gasteiger partial charge on any atom is -0.506 e. The van der Waals surface area contributed by atoms with E-state index in [0.717, 1.165) is 5.56 Å². The first-order chi connectivity index (χ1) is 12.5. The van der Waals surface area contributed by atoms with Crippen molar-refractivity contribution in [2.45, 2.75) is 6.04 Å². The van der Waals surface area contributed by atoms with Crippen LogP contribution in [0.1, 0.15) is 11.6 Å². The summed E-state index contributed by atoms with van der Waals surface area (Å²) in [6, 6.07) is 12.8. The van der Waals surface area contributed by atoms with E-state index in [2.05, 4.69) is 5.32 Å². The van der Waals surface area contributed by atoms with Crippen molar-refractivity contribution < 1.29 is 14.7 Å². The zero-order chi connectivity index (χ0) is 18.4. The summed E-state index contributed by atoms with van der Waals surface area (Å²) >= 11 is 5.95. The van der Waals surface area contributed by atoms with Crippen LogP contribution in [0.3, 0.4) is 0 Å². The fourth-order valence-corrected chi connectivity index (χ4v) is 3.49. The molecule has 1 atom stereocenters. The lowest BCUT2D eigenvalue weighted by Gasteiger charge is -2.31. The molecule has 2 aliphatic heterocycles. The summed E-state index contributed by atoms with van der Waals surface area (Å²) in [5.41, 5.74) is 2.32. The van der Waals surface area contributed by atoms with Crippen LogP contribution in [-0.2, 0) is 4.79 Å². The molecule has 0 saturated heterocycles. The number of amides is 3. The van der Waals surface area contributed by atoms with Crippen LogP contribution in [0.4, 0.5) is 10.5 Å². The Bertz CT molecular complexity index is 939. The highest BCUT2D eigenvalue weighted by molar-refractivity contribution is 6.30. The summed E-state index contributed by atoms with van der Waals surface area (Å²) in [6.45, 7) is 0.222. The monoisotopic (exact) mass is 369 g/mol. The first-order valence-electron chi connectivity index (χ1n) is 8.10. The van der Waals surface area contributed by atoms with E-state index in [-0.39, 0.29) is 24.2 Å². The Balaban J connectivity index is 1.78. The summed E-state index contributed by atoms with van der Waals surface area (Å²) < 4.78 is 0. The van der Waals surface area contributed by atoms with Gasteiger partial charge in [-0.15, -0.1) is 0 Å². The molecular formula is C19H16ClN3O3. The van der Waals surface area contributed by atoms with Gasteiger partial charge in [-0.1, -0.05) is 35.9 Å². The van der Waals surface area contributed by atoms with Gasteiger partial charge in [-0.05, 0) is 29.8 Å². The van der Waals surface area contributed by atoms with Crippen LogP contribution in [0, 0.1) is 0 Å². The summed E-state index contributed by atoms with van der Waals surface area (Å²) in [5, 5.41) is 13.6. The van der Waals surface area contributed by atoms with E-state index >= 15 is 0 Å². The molecule has 26 heavy (non-hydrogen) atoms. The minimum atomic E-state index is -0.561. The van der Waals surface area contributed by atoms with Crippen molar-refractivity contribution >= 4 is 29.2 Å². The average Bonchev–Trinajstić information content (AvgIpc) is 2.97. The van der Waals surface area contributed by atoms with E-state index in [1.807, 2.05) is 0 Å². The van der Waals surface area contributed by atoms with E-state index in [1.165, 1.54) is 15.9 Å². The van der Waals surface area contributed by atoms with Crippen LogP contribution in [0.15, 0.2) is 59.8 Å². The summed E-state index contributed by atoms with van der Waals surface area (Å²) in [6.07, 6.45) is 0. The molecule has 0 bridgehead atoms. The maximum atomic E-state index is 13.1. The van der Waals surface area contributed by atoms with E-state index in [4.69, 9.17) is 11.6 Å². The SMILES string of the molecule is CN1C(=O)N[C@H](c2ccc(Cl)cc2)C2=C1CN(c1ccccc1O)C2=O. The maximum Gasteiger partial charge on any atom is 0.322 e. The van der Waals surface area contributed by atoms with Crippen molar-refractivity contribution in [2.24, 2.45) is 0 Å². The lowest BCUT2D eigenvalue weighted by Crippen LogP contribution is -2.45. The van der Waals surface area contributed by atoms with Crippen LogP contribution >= 0.6 is 11.6 Å². The van der Waals surface area contributed by atoms with Crippen molar-refractivity contribution in [1.82, 2.24) is 10.2 Å². The molecule has 6 nitrogen and oxygen atoms in total. The van der Waals surface area contributed by atoms with Crippen LogP contribution in [0.2, 0.25) is 5.02 Å². The van der Waals surface area contributed by atoms with Gasteiger partial charge >= 0.3 is 6.03 Å². The molecule has 2 aromatic carbocycles. The zero-order valence-electron chi connectivity index (χ0n) is 13.9. The number of urea groups is 1. The lowest BCUT2D eigenvalue weighted by molar-refractivity contribution is -0.114. The zero-order valence-corrected chi connectivity index (χ0v) is 14.7. The van der Waals surface area contributed by atoms with Crippen LogP contribution < -0.4 is 10.2 Å². The number of likely N-dealkylation sites (N-methyl/N-ethyl adjacent to an activating group) is 1. The number of anilines is 1. The molecule has 2 N–H and O–H groups in total. The molecule has 0 spiro atoms. The highest BCUT2D eigenvalue weighted by Gasteiger charge is 2.43. The molecule has 2 aliphatic rings. The largest absolute Gasteiger partial charge is 0.506 e. The van der Waals surface area contributed by atoms with Gasteiger partial charge in [0.1, 0.15) is 5.75 Å². The number of phenolic OH excluding ortho intramolecular Hbond substituents is 1. The highest BCUT2D eigenvalue weighted by atomic mass is 35.5. The fourth-order valence-electron chi connectivity index (χ4n) is 3.36. The van der Waals surface area contributed by atoms with E-state index in [1.54, 1.807) is 49.5 Å². The Labute approximate surface area is 155 Å². The molecule has 2 aromatic rings. The van der Waals surface area contributed by atoms with Gasteiger partial charge in [0, 0.05) is 12.1 Å². The molecule has 0 aromatic heterocycles. The van der Waals surface area contributed by atoms with Gasteiger partial charge in [-0.25, -0.2) is 4.79 Å². The third-order valence-electron chi connectivity index (χ3n) is 4.74. The Morgan fingerprint density at radius 2 is 1.81 bits per heavy atom. The number of hydrogen-bond acceptors (Lipinski definition) is 3. The Morgan fingerprint density at radius 1 is 1.12 bits per heavy atom. The second kappa shape index (κ2) is 6.07. The van der Waals surface area contributed by atoms with E-state index in [0.29, 0.717) is 22.0 Å². The van der Waals surface area contributed by atoms with Gasteiger partial charge < -0.3 is 10.4 Å². The third-order valence-corrected chi connectivity index (χ3v) is 4.99. The Morgan fingerprint density at radius 3 is 2.50 bits per heavy atom. The smallest absolute Gasteiger partial charge is 0.322 e. The summed E-state index contributed by atoms with van der Waals surface area (Å²) in [7, 11) is 1.63. The predicted molar refractivity (Wildman–Crippen MR) is 98.0 cm³/mol. The molecule has 0 unspecified atom stereocenters. The summed E-state index contributed by atoms with van der Waals surface area (Å²) in [4.78, 5) is 28.5. The number of nitrogens with zero attached hydrogens (tertiary/aromatic N) is 2. The molecule has 7 heteroatoms. The summed E-state index contributed by atoms with van der Waals surface area (Å²) in [5.74, 6) is -0.223. The van der Waals surface area contributed by atoms with Crippen LogP contribution in [0.5, 0.6) is 5.75 Å². The molecule has 0 saturated carbocycles. The average molecular weight is 370 g/mol. The Hall–Kier alpha value is -2.99. The number of carbonyl (C=O) groups is 2. The minimum absolute atomic E-state index is 0.0191. The fraction of sp³-hybridized carbons (Fsp3) is 0.158. The van der Waals surface area contributed by atoms with Crippen molar-refractivity contribution in [3.05, 3.63) is 70.4 Å². The second-order valence-electron chi connectivity index (χ2n) is 6.23. The molecule has 4 rings (SSSR count). The molecule has 3 amide bonds.